The molecule has 0 atom stereocenters. The van der Waals surface area contributed by atoms with Crippen LogP contribution in [0.5, 0.6) is 5.75 Å². The molecule has 2 heterocycles. The number of benzene rings is 2. The van der Waals surface area contributed by atoms with Crippen molar-refractivity contribution >= 4 is 11.9 Å². The van der Waals surface area contributed by atoms with Gasteiger partial charge in [0.25, 0.3) is 5.91 Å². The van der Waals surface area contributed by atoms with Crippen LogP contribution in [0.2, 0.25) is 0 Å². The molecule has 0 spiro atoms. The van der Waals surface area contributed by atoms with Crippen molar-refractivity contribution in [1.29, 1.82) is 0 Å². The molecule has 6 nitrogen and oxygen atoms in total. The van der Waals surface area contributed by atoms with Gasteiger partial charge in [-0.25, -0.2) is 8.78 Å². The number of hydrogen-bond donors (Lipinski definition) is 2. The number of allylic oxidation sites excluding steroid dienone is 2. The number of aliphatic carboxylic acids is 1. The van der Waals surface area contributed by atoms with Crippen molar-refractivity contribution in [1.82, 2.24) is 4.90 Å². The summed E-state index contributed by atoms with van der Waals surface area (Å²) in [4.78, 5) is 27.0. The van der Waals surface area contributed by atoms with Crippen molar-refractivity contribution in [2.24, 2.45) is 0 Å². The summed E-state index contributed by atoms with van der Waals surface area (Å²) in [6, 6.07) is 1.49. The second-order valence-corrected chi connectivity index (χ2v) is 12.7. The number of amides is 1. The third kappa shape index (κ3) is 7.35. The molecule has 0 bridgehead atoms. The fraction of sp³-hybridized carbons (Fsp3) is 0.486. The maximum atomic E-state index is 15.3. The highest BCUT2D eigenvalue weighted by molar-refractivity contribution is 5.96. The SMILES string of the molecule is CC(C)(C)O.Cc1c(-c2c(C)c3c(c(C)c2CC(=O)O)CCN(C(=O)C2=CCCC(F)=C2)CC3)cc(F)c2c1CCCO2. The summed E-state index contributed by atoms with van der Waals surface area (Å²) < 4.78 is 34.7. The Morgan fingerprint density at radius 1 is 0.953 bits per heavy atom. The number of hydrogen-bond acceptors (Lipinski definition) is 4. The summed E-state index contributed by atoms with van der Waals surface area (Å²) in [5, 5.41) is 18.3. The van der Waals surface area contributed by atoms with Crippen molar-refractivity contribution in [3.8, 4) is 16.9 Å². The molecule has 2 N–H and O–H groups in total. The van der Waals surface area contributed by atoms with Gasteiger partial charge >= 0.3 is 5.97 Å². The smallest absolute Gasteiger partial charge is 0.307 e. The molecular formula is C35H43F2NO5. The minimum Gasteiger partial charge on any atom is -0.490 e. The third-order valence-electron chi connectivity index (χ3n) is 8.29. The maximum absolute atomic E-state index is 15.3. The zero-order valence-corrected chi connectivity index (χ0v) is 26.1. The average Bonchev–Trinajstić information content (AvgIpc) is 3.16. The molecule has 0 fully saturated rings. The van der Waals surface area contributed by atoms with Gasteiger partial charge in [0.2, 0.25) is 0 Å². The second-order valence-electron chi connectivity index (χ2n) is 12.7. The molecule has 232 valence electrons. The van der Waals surface area contributed by atoms with Crippen LogP contribution in [0.3, 0.4) is 0 Å². The minimum absolute atomic E-state index is 0.177. The molecule has 5 rings (SSSR count). The first-order valence-electron chi connectivity index (χ1n) is 15.1. The Morgan fingerprint density at radius 2 is 1.58 bits per heavy atom. The van der Waals surface area contributed by atoms with Crippen LogP contribution in [-0.4, -0.2) is 52.3 Å². The molecule has 0 saturated carbocycles. The summed E-state index contributed by atoms with van der Waals surface area (Å²) in [5.74, 6) is -1.52. The average molecular weight is 596 g/mol. The number of halogens is 2. The Labute approximate surface area is 253 Å². The van der Waals surface area contributed by atoms with E-state index in [0.717, 1.165) is 45.4 Å². The summed E-state index contributed by atoms with van der Waals surface area (Å²) >= 11 is 0. The standard InChI is InChI=1S/C31H33F2NO4.C4H10O/c1-17-22-9-11-34(31(37)20-6-4-7-21(32)14-20)12-10-23(22)19(3)29(26(17)16-28(35)36)25-15-27(33)30-24(18(25)2)8-5-13-38-30;1-4(2,3)5/h6,14-15H,4-5,7-13,16H2,1-3H3,(H,35,36);5H,1-3H3. The van der Waals surface area contributed by atoms with E-state index in [2.05, 4.69) is 0 Å². The van der Waals surface area contributed by atoms with E-state index >= 15 is 4.39 Å². The number of aliphatic hydroxyl groups is 1. The molecular weight excluding hydrogens is 552 g/mol. The molecule has 3 aliphatic rings. The van der Waals surface area contributed by atoms with Crippen molar-refractivity contribution in [3.05, 3.63) is 74.4 Å². The van der Waals surface area contributed by atoms with Crippen LogP contribution < -0.4 is 4.74 Å². The normalized spacial score (nSPS) is 16.4. The Morgan fingerprint density at radius 3 is 2.19 bits per heavy atom. The maximum Gasteiger partial charge on any atom is 0.307 e. The van der Waals surface area contributed by atoms with Crippen LogP contribution in [0.1, 0.15) is 79.0 Å². The molecule has 2 aliphatic heterocycles. The van der Waals surface area contributed by atoms with Crippen molar-refractivity contribution < 1.29 is 33.3 Å². The topological polar surface area (TPSA) is 87.1 Å². The Balaban J connectivity index is 0.000000782. The molecule has 43 heavy (non-hydrogen) atoms. The largest absolute Gasteiger partial charge is 0.490 e. The monoisotopic (exact) mass is 595 g/mol. The van der Waals surface area contributed by atoms with E-state index in [0.29, 0.717) is 74.3 Å². The molecule has 2 aromatic rings. The molecule has 1 amide bonds. The van der Waals surface area contributed by atoms with Crippen LogP contribution in [-0.2, 0) is 35.3 Å². The number of carboxylic acids is 1. The molecule has 0 radical (unpaired) electrons. The molecule has 0 saturated heterocycles. The number of fused-ring (bicyclic) bond motifs is 2. The fourth-order valence-electron chi connectivity index (χ4n) is 6.34. The van der Waals surface area contributed by atoms with Crippen LogP contribution in [0, 0.1) is 26.6 Å². The Kier molecular flexibility index (Phi) is 9.79. The molecule has 2 aromatic carbocycles. The lowest BCUT2D eigenvalue weighted by molar-refractivity contribution is -0.136. The molecule has 1 aliphatic carbocycles. The molecule has 8 heteroatoms. The zero-order valence-electron chi connectivity index (χ0n) is 26.1. The Bertz CT molecular complexity index is 1490. The summed E-state index contributed by atoms with van der Waals surface area (Å²) in [7, 11) is 0. The van der Waals surface area contributed by atoms with Gasteiger partial charge in [-0.15, -0.1) is 0 Å². The van der Waals surface area contributed by atoms with Gasteiger partial charge in [0.15, 0.2) is 11.6 Å². The van der Waals surface area contributed by atoms with E-state index in [9.17, 15) is 19.1 Å². The Hall–Kier alpha value is -3.52. The lowest BCUT2D eigenvalue weighted by atomic mass is 9.80. The first-order valence-corrected chi connectivity index (χ1v) is 15.1. The predicted molar refractivity (Wildman–Crippen MR) is 164 cm³/mol. The number of rotatable bonds is 4. The van der Waals surface area contributed by atoms with Gasteiger partial charge in [-0.1, -0.05) is 6.08 Å². The van der Waals surface area contributed by atoms with Crippen LogP contribution in [0.4, 0.5) is 8.78 Å². The summed E-state index contributed by atoms with van der Waals surface area (Å²) in [6.07, 6.45) is 6.47. The van der Waals surface area contributed by atoms with E-state index in [-0.39, 0.29) is 18.2 Å². The zero-order chi connectivity index (χ0) is 31.6. The number of carboxylic acid groups (broad SMARTS) is 1. The van der Waals surface area contributed by atoms with Gasteiger partial charge < -0.3 is 19.8 Å². The van der Waals surface area contributed by atoms with Gasteiger partial charge in [-0.3, -0.25) is 9.59 Å². The highest BCUT2D eigenvalue weighted by Gasteiger charge is 2.29. The first kappa shape index (κ1) is 32.4. The van der Waals surface area contributed by atoms with Gasteiger partial charge in [0.1, 0.15) is 5.83 Å². The minimum atomic E-state index is -0.948. The third-order valence-corrected chi connectivity index (χ3v) is 8.29. The second kappa shape index (κ2) is 13.0. The van der Waals surface area contributed by atoms with E-state index in [1.165, 1.54) is 12.1 Å². The number of ether oxygens (including phenoxy) is 1. The van der Waals surface area contributed by atoms with Crippen LogP contribution in [0.25, 0.3) is 11.1 Å². The van der Waals surface area contributed by atoms with Crippen molar-refractivity contribution in [2.45, 2.75) is 92.1 Å². The highest BCUT2D eigenvalue weighted by atomic mass is 19.1. The lowest BCUT2D eigenvalue weighted by Crippen LogP contribution is -2.34. The van der Waals surface area contributed by atoms with E-state index in [1.807, 2.05) is 20.8 Å². The van der Waals surface area contributed by atoms with E-state index in [4.69, 9.17) is 9.84 Å². The van der Waals surface area contributed by atoms with Gasteiger partial charge in [-0.2, -0.15) is 0 Å². The quantitative estimate of drug-likeness (QED) is 0.414. The van der Waals surface area contributed by atoms with Gasteiger partial charge in [0.05, 0.1) is 18.6 Å². The van der Waals surface area contributed by atoms with Gasteiger partial charge in [-0.05, 0) is 130 Å². The molecule has 0 aromatic heterocycles. The van der Waals surface area contributed by atoms with E-state index < -0.39 is 17.4 Å². The van der Waals surface area contributed by atoms with Crippen molar-refractivity contribution in [2.75, 3.05) is 19.7 Å². The number of nitrogens with zero attached hydrogens (tertiary/aromatic N) is 1. The molecule has 0 unspecified atom stereocenters. The first-order chi connectivity index (χ1) is 20.2. The predicted octanol–water partition coefficient (Wildman–Crippen LogP) is 6.65. The summed E-state index contributed by atoms with van der Waals surface area (Å²) in [6.45, 7) is 12.5. The summed E-state index contributed by atoms with van der Waals surface area (Å²) in [5.41, 5.74) is 7.76. The van der Waals surface area contributed by atoms with Crippen LogP contribution in [0.15, 0.2) is 29.6 Å². The number of carbonyl (C=O) groups is 2. The fourth-order valence-corrected chi connectivity index (χ4v) is 6.34. The van der Waals surface area contributed by atoms with Crippen molar-refractivity contribution in [3.63, 3.8) is 0 Å². The highest BCUT2D eigenvalue weighted by Crippen LogP contribution is 2.43. The van der Waals surface area contributed by atoms with Gasteiger partial charge in [0, 0.05) is 30.6 Å². The lowest BCUT2D eigenvalue weighted by Gasteiger charge is -2.26. The van der Waals surface area contributed by atoms with E-state index in [1.54, 1.807) is 31.7 Å². The number of carbonyl (C=O) groups excluding carboxylic acids is 1. The van der Waals surface area contributed by atoms with Crippen LogP contribution >= 0.6 is 0 Å².